The zero-order chi connectivity index (χ0) is 19.1. The maximum Gasteiger partial charge on any atom is 0.407 e. The second-order valence-corrected chi connectivity index (χ2v) is 7.48. The van der Waals surface area contributed by atoms with Crippen LogP contribution in [0.15, 0.2) is 30.3 Å². The highest BCUT2D eigenvalue weighted by Gasteiger charge is 2.57. The molecule has 1 aromatic rings. The Hall–Kier alpha value is -2.57. The molecule has 3 rings (SSSR count). The summed E-state index contributed by atoms with van der Waals surface area (Å²) >= 11 is 0. The minimum absolute atomic E-state index is 0.228. The topological polar surface area (TPSA) is 93.1 Å². The molecule has 7 heteroatoms. The normalized spacial score (nSPS) is 29.0. The van der Waals surface area contributed by atoms with Crippen LogP contribution in [-0.2, 0) is 24.5 Å². The van der Waals surface area contributed by atoms with Gasteiger partial charge in [0.15, 0.2) is 5.92 Å². The molecule has 2 aliphatic rings. The molecule has 2 saturated heterocycles. The van der Waals surface area contributed by atoms with Crippen molar-refractivity contribution >= 4 is 18.0 Å². The lowest BCUT2D eigenvalue weighted by Gasteiger charge is -2.49. The second kappa shape index (κ2) is 6.30. The molecule has 0 aliphatic carbocycles. The number of esters is 2. The molecule has 140 valence electrons. The lowest BCUT2D eigenvalue weighted by molar-refractivity contribution is -0.244. The third-order valence-corrected chi connectivity index (χ3v) is 5.30. The Labute approximate surface area is 151 Å². The van der Waals surface area contributed by atoms with Crippen LogP contribution in [-0.4, -0.2) is 46.4 Å². The zero-order valence-electron chi connectivity index (χ0n) is 15.1. The fraction of sp³-hybridized carbons (Fsp3) is 0.526. The summed E-state index contributed by atoms with van der Waals surface area (Å²) in [5.74, 6) is -3.65. The molecule has 26 heavy (non-hydrogen) atoms. The summed E-state index contributed by atoms with van der Waals surface area (Å²) in [5.41, 5.74) is -0.0485. The van der Waals surface area contributed by atoms with Crippen LogP contribution in [0.4, 0.5) is 4.79 Å². The highest BCUT2D eigenvalue weighted by atomic mass is 16.7. The fourth-order valence-electron chi connectivity index (χ4n) is 4.20. The molecular weight excluding hydrogens is 338 g/mol. The van der Waals surface area contributed by atoms with Gasteiger partial charge in [-0.3, -0.25) is 9.59 Å². The number of carboxylic acid groups (broad SMARTS) is 1. The van der Waals surface area contributed by atoms with Crippen LogP contribution in [0.3, 0.4) is 0 Å². The van der Waals surface area contributed by atoms with Crippen LogP contribution >= 0.6 is 0 Å². The summed E-state index contributed by atoms with van der Waals surface area (Å²) in [6.45, 7) is 5.05. The molecule has 0 saturated carbocycles. The van der Waals surface area contributed by atoms with Gasteiger partial charge in [0.1, 0.15) is 0 Å². The predicted molar refractivity (Wildman–Crippen MR) is 91.3 cm³/mol. The number of piperidine rings is 1. The molecule has 1 N–H and O–H groups in total. The molecule has 2 heterocycles. The summed E-state index contributed by atoms with van der Waals surface area (Å²) in [7, 11) is 0. The number of hydrogen-bond acceptors (Lipinski definition) is 5. The number of carbonyl (C=O) groups is 3. The molecule has 1 aromatic carbocycles. The van der Waals surface area contributed by atoms with Gasteiger partial charge in [0.05, 0.1) is 0 Å². The van der Waals surface area contributed by atoms with Crippen LogP contribution in [0.5, 0.6) is 0 Å². The number of benzene rings is 1. The number of cyclic esters (lactones) is 2. The third-order valence-electron chi connectivity index (χ3n) is 5.30. The summed E-state index contributed by atoms with van der Waals surface area (Å²) in [6, 6.07) is 8.92. The molecule has 2 fully saturated rings. The zero-order valence-corrected chi connectivity index (χ0v) is 15.1. The minimum Gasteiger partial charge on any atom is -0.465 e. The number of likely N-dealkylation sites (tertiary alicyclic amines) is 1. The molecule has 1 amide bonds. The van der Waals surface area contributed by atoms with E-state index in [1.54, 1.807) is 6.92 Å². The SMILES string of the molecule is CC1CC(c2ccccc2)(C2C(=O)OC(C)(C)OC2=O)CCN1C(=O)O. The minimum atomic E-state index is -1.30. The Morgan fingerprint density at radius 2 is 1.73 bits per heavy atom. The van der Waals surface area contributed by atoms with E-state index in [4.69, 9.17) is 9.47 Å². The number of ether oxygens (including phenoxy) is 2. The van der Waals surface area contributed by atoms with E-state index in [0.29, 0.717) is 12.8 Å². The Morgan fingerprint density at radius 1 is 1.15 bits per heavy atom. The van der Waals surface area contributed by atoms with Crippen molar-refractivity contribution in [1.82, 2.24) is 4.90 Å². The monoisotopic (exact) mass is 361 g/mol. The molecule has 7 nitrogen and oxygen atoms in total. The van der Waals surface area contributed by atoms with Gasteiger partial charge in [0.2, 0.25) is 0 Å². The van der Waals surface area contributed by atoms with Crippen molar-refractivity contribution in [2.45, 2.75) is 50.9 Å². The highest BCUT2D eigenvalue weighted by Crippen LogP contribution is 2.47. The summed E-state index contributed by atoms with van der Waals surface area (Å²) in [6.07, 6.45) is -0.337. The largest absolute Gasteiger partial charge is 0.465 e. The number of carbonyl (C=O) groups excluding carboxylic acids is 2. The first-order valence-electron chi connectivity index (χ1n) is 8.67. The van der Waals surface area contributed by atoms with Crippen LogP contribution in [0.2, 0.25) is 0 Å². The van der Waals surface area contributed by atoms with E-state index in [1.165, 1.54) is 18.7 Å². The maximum atomic E-state index is 12.8. The Kier molecular flexibility index (Phi) is 4.42. The molecule has 2 atom stereocenters. The Balaban J connectivity index is 2.05. The first kappa shape index (κ1) is 18.2. The smallest absolute Gasteiger partial charge is 0.407 e. The number of nitrogens with zero attached hydrogens (tertiary/aromatic N) is 1. The standard InChI is InChI=1S/C19H23NO6/c1-12-11-19(9-10-20(12)17(23)24,13-7-5-4-6-8-13)14-15(21)25-18(2,3)26-16(14)22/h4-8,12,14H,9-11H2,1-3H3,(H,23,24). The van der Waals surface area contributed by atoms with Gasteiger partial charge in [-0.25, -0.2) is 4.79 Å². The lowest BCUT2D eigenvalue weighted by atomic mass is 9.62. The van der Waals surface area contributed by atoms with E-state index in [1.807, 2.05) is 30.3 Å². The third kappa shape index (κ3) is 3.02. The van der Waals surface area contributed by atoms with Crippen LogP contribution in [0, 0.1) is 5.92 Å². The van der Waals surface area contributed by atoms with Crippen LogP contribution in [0.1, 0.15) is 39.2 Å². The van der Waals surface area contributed by atoms with Crippen molar-refractivity contribution < 1.29 is 29.0 Å². The molecule has 0 radical (unpaired) electrons. The quantitative estimate of drug-likeness (QED) is 0.643. The van der Waals surface area contributed by atoms with Gasteiger partial charge < -0.3 is 19.5 Å². The fourth-order valence-corrected chi connectivity index (χ4v) is 4.20. The van der Waals surface area contributed by atoms with E-state index < -0.39 is 35.2 Å². The van der Waals surface area contributed by atoms with Gasteiger partial charge in [-0.15, -0.1) is 0 Å². The molecule has 0 spiro atoms. The van der Waals surface area contributed by atoms with Crippen molar-refractivity contribution in [1.29, 1.82) is 0 Å². The molecular formula is C19H23NO6. The lowest BCUT2D eigenvalue weighted by Crippen LogP contribution is -2.59. The van der Waals surface area contributed by atoms with Crippen molar-refractivity contribution in [2.24, 2.45) is 5.92 Å². The molecule has 0 aromatic heterocycles. The predicted octanol–water partition coefficient (Wildman–Crippen LogP) is 2.54. The summed E-state index contributed by atoms with van der Waals surface area (Å²) < 4.78 is 10.7. The number of rotatable bonds is 2. The van der Waals surface area contributed by atoms with Crippen molar-refractivity contribution in [3.63, 3.8) is 0 Å². The second-order valence-electron chi connectivity index (χ2n) is 7.48. The van der Waals surface area contributed by atoms with Gasteiger partial charge in [-0.05, 0) is 25.3 Å². The summed E-state index contributed by atoms with van der Waals surface area (Å²) in [4.78, 5) is 38.3. The molecule has 2 aliphatic heterocycles. The molecule has 2 unspecified atom stereocenters. The first-order chi connectivity index (χ1) is 12.2. The number of hydrogen-bond donors (Lipinski definition) is 1. The van der Waals surface area contributed by atoms with E-state index in [-0.39, 0.29) is 12.6 Å². The highest BCUT2D eigenvalue weighted by molar-refractivity contribution is 5.98. The maximum absolute atomic E-state index is 12.8. The van der Waals surface area contributed by atoms with Crippen molar-refractivity contribution in [3.8, 4) is 0 Å². The Bertz CT molecular complexity index is 711. The first-order valence-corrected chi connectivity index (χ1v) is 8.67. The van der Waals surface area contributed by atoms with E-state index >= 15 is 0 Å². The average molecular weight is 361 g/mol. The van der Waals surface area contributed by atoms with Gasteiger partial charge in [-0.1, -0.05) is 30.3 Å². The average Bonchev–Trinajstić information content (AvgIpc) is 2.53. The van der Waals surface area contributed by atoms with Gasteiger partial charge in [0.25, 0.3) is 5.79 Å². The van der Waals surface area contributed by atoms with E-state index in [2.05, 4.69) is 0 Å². The van der Waals surface area contributed by atoms with Gasteiger partial charge in [-0.2, -0.15) is 0 Å². The van der Waals surface area contributed by atoms with Crippen molar-refractivity contribution in [2.75, 3.05) is 6.54 Å². The van der Waals surface area contributed by atoms with Crippen molar-refractivity contribution in [3.05, 3.63) is 35.9 Å². The van der Waals surface area contributed by atoms with E-state index in [9.17, 15) is 19.5 Å². The number of amides is 1. The van der Waals surface area contributed by atoms with E-state index in [0.717, 1.165) is 5.56 Å². The van der Waals surface area contributed by atoms with Gasteiger partial charge in [0, 0.05) is 31.8 Å². The summed E-state index contributed by atoms with van der Waals surface area (Å²) in [5, 5.41) is 9.38. The van der Waals surface area contributed by atoms with Gasteiger partial charge >= 0.3 is 18.0 Å². The molecule has 0 bridgehead atoms. The van der Waals surface area contributed by atoms with Crippen LogP contribution in [0.25, 0.3) is 0 Å². The van der Waals surface area contributed by atoms with Crippen LogP contribution < -0.4 is 0 Å². The Morgan fingerprint density at radius 3 is 2.23 bits per heavy atom.